The van der Waals surface area contributed by atoms with Crippen LogP contribution in [0.4, 0.5) is 0 Å². The molecule has 0 radical (unpaired) electrons. The van der Waals surface area contributed by atoms with Gasteiger partial charge in [0, 0.05) is 11.1 Å². The third-order valence-electron chi connectivity index (χ3n) is 2.21. The summed E-state index contributed by atoms with van der Waals surface area (Å²) in [7, 11) is 0. The summed E-state index contributed by atoms with van der Waals surface area (Å²) in [5, 5.41) is 27.8. The minimum Gasteiger partial charge on any atom is -0.480 e. The third kappa shape index (κ3) is 3.78. The molecule has 9 heteroatoms. The van der Waals surface area contributed by atoms with Gasteiger partial charge in [-0.1, -0.05) is 0 Å². The molecule has 0 unspecified atom stereocenters. The van der Waals surface area contributed by atoms with Gasteiger partial charge in [-0.25, -0.2) is 10.3 Å². The Labute approximate surface area is 111 Å². The lowest BCUT2D eigenvalue weighted by atomic mass is 10.0. The molecule has 0 atom stereocenters. The van der Waals surface area contributed by atoms with E-state index in [1.165, 1.54) is 5.48 Å². The molecule has 20 heavy (non-hydrogen) atoms. The van der Waals surface area contributed by atoms with Crippen molar-refractivity contribution in [3.63, 3.8) is 0 Å². The Morgan fingerprint density at radius 3 is 1.85 bits per heavy atom. The molecule has 5 N–H and O–H groups in total. The first-order chi connectivity index (χ1) is 9.35. The predicted octanol–water partition coefficient (Wildman–Crippen LogP) is -0.682. The number of hydrogen-bond donors (Lipinski definition) is 5. The summed E-state index contributed by atoms with van der Waals surface area (Å²) in [6, 6.07) is 2.96. The van der Waals surface area contributed by atoms with E-state index < -0.39 is 30.3 Å². The van der Waals surface area contributed by atoms with Crippen LogP contribution in [0.25, 0.3) is 0 Å². The number of carboxylic acids is 2. The fraction of sp³-hybridized carbons (Fsp3) is 0.0909. The smallest absolute Gasteiger partial charge is 0.335 e. The van der Waals surface area contributed by atoms with Crippen LogP contribution in [0, 0.1) is 0 Å². The fourth-order valence-corrected chi connectivity index (χ4v) is 1.34. The zero-order valence-corrected chi connectivity index (χ0v) is 9.91. The van der Waals surface area contributed by atoms with Crippen molar-refractivity contribution >= 4 is 23.8 Å². The molecule has 2 amide bonds. The van der Waals surface area contributed by atoms with Gasteiger partial charge in [0.2, 0.25) is 0 Å². The summed E-state index contributed by atoms with van der Waals surface area (Å²) in [4.78, 5) is 44.1. The molecular formula is C11H10N2O7. The Hall–Kier alpha value is -2.94. The normalized spacial score (nSPS) is 9.65. The largest absolute Gasteiger partial charge is 0.480 e. The number of amides is 2. The van der Waals surface area contributed by atoms with Crippen LogP contribution in [0.5, 0.6) is 0 Å². The van der Waals surface area contributed by atoms with Gasteiger partial charge in [-0.2, -0.15) is 0 Å². The van der Waals surface area contributed by atoms with E-state index in [-0.39, 0.29) is 16.7 Å². The van der Waals surface area contributed by atoms with E-state index >= 15 is 0 Å². The zero-order valence-electron chi connectivity index (χ0n) is 9.91. The van der Waals surface area contributed by atoms with Gasteiger partial charge in [0.1, 0.15) is 6.54 Å². The highest BCUT2D eigenvalue weighted by molar-refractivity contribution is 6.03. The number of carboxylic acid groups (broad SMARTS) is 2. The van der Waals surface area contributed by atoms with Gasteiger partial charge in [0.15, 0.2) is 0 Å². The summed E-state index contributed by atoms with van der Waals surface area (Å²) < 4.78 is 0. The molecule has 0 spiro atoms. The Balaban J connectivity index is 3.14. The lowest BCUT2D eigenvalue weighted by molar-refractivity contribution is -0.135. The Bertz CT molecular complexity index is 582. The minimum absolute atomic E-state index is 0.218. The number of aromatic carboxylic acids is 1. The van der Waals surface area contributed by atoms with E-state index in [2.05, 4.69) is 0 Å². The number of hydroxylamine groups is 1. The maximum Gasteiger partial charge on any atom is 0.335 e. The van der Waals surface area contributed by atoms with Crippen molar-refractivity contribution in [2.45, 2.75) is 0 Å². The first-order valence-electron chi connectivity index (χ1n) is 5.18. The number of nitrogens with one attached hydrogen (secondary N) is 2. The molecule has 1 rings (SSSR count). The van der Waals surface area contributed by atoms with Gasteiger partial charge in [-0.3, -0.25) is 19.6 Å². The lowest BCUT2D eigenvalue weighted by Crippen LogP contribution is -2.30. The van der Waals surface area contributed by atoms with Crippen molar-refractivity contribution < 1.29 is 34.6 Å². The summed E-state index contributed by atoms with van der Waals surface area (Å²) in [6.07, 6.45) is 0. The molecule has 106 valence electrons. The average molecular weight is 282 g/mol. The van der Waals surface area contributed by atoms with Crippen molar-refractivity contribution in [2.75, 3.05) is 6.54 Å². The standard InChI is InChI=1S/C11H10N2O7/c14-8(15)4-12-9(16)5-1-6(10(17)13-20)3-7(2-5)11(18)19/h1-3,20H,4H2,(H,12,16)(H,13,17)(H,14,15)(H,18,19). The number of rotatable bonds is 5. The van der Waals surface area contributed by atoms with Crippen molar-refractivity contribution in [2.24, 2.45) is 0 Å². The zero-order chi connectivity index (χ0) is 15.3. The molecule has 0 heterocycles. The van der Waals surface area contributed by atoms with Gasteiger partial charge < -0.3 is 15.5 Å². The summed E-state index contributed by atoms with van der Waals surface area (Å²) in [6.45, 7) is -0.655. The molecule has 1 aromatic rings. The van der Waals surface area contributed by atoms with Crippen LogP contribution in [-0.4, -0.2) is 45.7 Å². The van der Waals surface area contributed by atoms with Crippen molar-refractivity contribution in [3.8, 4) is 0 Å². The summed E-state index contributed by atoms with van der Waals surface area (Å²) in [5.74, 6) is -4.52. The van der Waals surface area contributed by atoms with Crippen molar-refractivity contribution in [3.05, 3.63) is 34.9 Å². The molecule has 1 aromatic carbocycles. The average Bonchev–Trinajstić information content (AvgIpc) is 2.43. The third-order valence-corrected chi connectivity index (χ3v) is 2.21. The van der Waals surface area contributed by atoms with Crippen LogP contribution in [0.2, 0.25) is 0 Å². The van der Waals surface area contributed by atoms with E-state index in [4.69, 9.17) is 15.4 Å². The van der Waals surface area contributed by atoms with Crippen LogP contribution in [-0.2, 0) is 4.79 Å². The molecule has 0 saturated carbocycles. The quantitative estimate of drug-likeness (QED) is 0.354. The van der Waals surface area contributed by atoms with E-state index in [1.807, 2.05) is 5.32 Å². The predicted molar refractivity (Wildman–Crippen MR) is 62.6 cm³/mol. The van der Waals surface area contributed by atoms with Crippen molar-refractivity contribution in [1.29, 1.82) is 0 Å². The van der Waals surface area contributed by atoms with Crippen LogP contribution in [0.15, 0.2) is 18.2 Å². The van der Waals surface area contributed by atoms with Gasteiger partial charge in [0.05, 0.1) is 5.56 Å². The first-order valence-corrected chi connectivity index (χ1v) is 5.18. The second-order valence-corrected chi connectivity index (χ2v) is 3.62. The van der Waals surface area contributed by atoms with E-state index in [0.717, 1.165) is 18.2 Å². The Kier molecular flexibility index (Phi) is 4.76. The second-order valence-electron chi connectivity index (χ2n) is 3.62. The highest BCUT2D eigenvalue weighted by Crippen LogP contribution is 2.11. The van der Waals surface area contributed by atoms with Gasteiger partial charge in [-0.05, 0) is 18.2 Å². The van der Waals surface area contributed by atoms with E-state index in [0.29, 0.717) is 0 Å². The molecule has 9 nitrogen and oxygen atoms in total. The highest BCUT2D eigenvalue weighted by atomic mass is 16.5. The van der Waals surface area contributed by atoms with Crippen LogP contribution >= 0.6 is 0 Å². The summed E-state index contributed by atoms with van der Waals surface area (Å²) >= 11 is 0. The maximum absolute atomic E-state index is 11.6. The maximum atomic E-state index is 11.6. The fourth-order valence-electron chi connectivity index (χ4n) is 1.34. The van der Waals surface area contributed by atoms with E-state index in [9.17, 15) is 19.2 Å². The monoisotopic (exact) mass is 282 g/mol. The Morgan fingerprint density at radius 1 is 0.900 bits per heavy atom. The highest BCUT2D eigenvalue weighted by Gasteiger charge is 2.16. The molecule has 0 aromatic heterocycles. The van der Waals surface area contributed by atoms with Gasteiger partial charge >= 0.3 is 11.9 Å². The first kappa shape index (κ1) is 15.1. The molecular weight excluding hydrogens is 272 g/mol. The van der Waals surface area contributed by atoms with Crippen LogP contribution in [0.1, 0.15) is 31.1 Å². The van der Waals surface area contributed by atoms with E-state index in [1.54, 1.807) is 0 Å². The minimum atomic E-state index is -1.38. The SMILES string of the molecule is O=C(O)CNC(=O)c1cc(C(=O)O)cc(C(=O)NO)c1. The van der Waals surface area contributed by atoms with Crippen LogP contribution < -0.4 is 10.8 Å². The number of carbonyl (C=O) groups excluding carboxylic acids is 2. The number of hydrogen-bond acceptors (Lipinski definition) is 5. The molecule has 0 aliphatic carbocycles. The second kappa shape index (κ2) is 6.29. The van der Waals surface area contributed by atoms with Gasteiger partial charge in [-0.15, -0.1) is 0 Å². The Morgan fingerprint density at radius 2 is 1.40 bits per heavy atom. The molecule has 0 aliphatic rings. The molecule has 0 fully saturated rings. The molecule has 0 saturated heterocycles. The summed E-state index contributed by atoms with van der Waals surface area (Å²) in [5.41, 5.74) is 0.477. The van der Waals surface area contributed by atoms with Crippen LogP contribution in [0.3, 0.4) is 0 Å². The topological polar surface area (TPSA) is 153 Å². The number of benzene rings is 1. The lowest BCUT2D eigenvalue weighted by Gasteiger charge is -2.06. The number of aliphatic carboxylic acids is 1. The number of carbonyl (C=O) groups is 4. The molecule has 0 bridgehead atoms. The molecule has 0 aliphatic heterocycles. The van der Waals surface area contributed by atoms with Crippen molar-refractivity contribution in [1.82, 2.24) is 10.8 Å². The van der Waals surface area contributed by atoms with Gasteiger partial charge in [0.25, 0.3) is 11.8 Å².